The summed E-state index contributed by atoms with van der Waals surface area (Å²) >= 11 is 0. The molecule has 0 bridgehead atoms. The van der Waals surface area contributed by atoms with E-state index in [1.807, 2.05) is 0 Å². The van der Waals surface area contributed by atoms with E-state index in [1.165, 1.54) is 0 Å². The van der Waals surface area contributed by atoms with Crippen LogP contribution in [0.25, 0.3) is 0 Å². The normalized spacial score (nSPS) is 42.3. The Morgan fingerprint density at radius 1 is 1.25 bits per heavy atom. The number of nitrogens with one attached hydrogen (secondary N) is 1. The number of piperidine rings is 1. The van der Waals surface area contributed by atoms with Crippen LogP contribution in [0, 0.1) is 0 Å². The van der Waals surface area contributed by atoms with Crippen LogP contribution < -0.4 is 5.32 Å². The van der Waals surface area contributed by atoms with E-state index in [9.17, 15) is 0 Å². The molecule has 0 atom stereocenters. The van der Waals surface area contributed by atoms with E-state index in [4.69, 9.17) is 10.2 Å². The fraction of sp³-hybridized carbons (Fsp3) is 1.00. The Morgan fingerprint density at radius 2 is 1.92 bits per heavy atom. The summed E-state index contributed by atoms with van der Waals surface area (Å²) in [6, 6.07) is -0.0323. The summed E-state index contributed by atoms with van der Waals surface area (Å²) in [6.07, 6.45) is 0.680. The van der Waals surface area contributed by atoms with E-state index >= 15 is 0 Å². The van der Waals surface area contributed by atoms with Crippen molar-refractivity contribution in [1.82, 2.24) is 10.2 Å². The summed E-state index contributed by atoms with van der Waals surface area (Å²) in [6.45, 7) is -0.366. The molecule has 1 N–H and O–H groups in total. The molecular formula is C9H18N2O. The van der Waals surface area contributed by atoms with Crippen molar-refractivity contribution in [3.8, 4) is 0 Å². The van der Waals surface area contributed by atoms with Crippen molar-refractivity contribution in [2.45, 2.75) is 18.9 Å². The van der Waals surface area contributed by atoms with E-state index < -0.39 is 13.0 Å². The third-order valence-corrected chi connectivity index (χ3v) is 2.41. The molecule has 0 aromatic rings. The molecule has 0 unspecified atom stereocenters. The molecule has 2 rings (SSSR count). The molecular weight excluding hydrogens is 152 g/mol. The summed E-state index contributed by atoms with van der Waals surface area (Å²) in [5, 5.41) is 2.41. The Morgan fingerprint density at radius 3 is 2.58 bits per heavy atom. The molecule has 2 aliphatic rings. The van der Waals surface area contributed by atoms with Gasteiger partial charge in [-0.25, -0.2) is 0 Å². The van der Waals surface area contributed by atoms with Crippen molar-refractivity contribution in [1.29, 1.82) is 0 Å². The second-order valence-electron chi connectivity index (χ2n) is 3.19. The molecule has 70 valence electrons. The molecule has 0 radical (unpaired) electrons. The first-order chi connectivity index (χ1) is 7.38. The average Bonchev–Trinajstić information content (AvgIpc) is 2.14. The lowest BCUT2D eigenvalue weighted by molar-refractivity contribution is 0.0101. The standard InChI is InChI=1S/C9H18N2O/c1-3-10-4-2-9(1)11-5-7-12-8-6-11/h9-10H,1-8H2/i3D2,4D2. The first kappa shape index (κ1) is 4.94. The number of hydrogen-bond acceptors (Lipinski definition) is 3. The molecule has 0 amide bonds. The molecule has 2 saturated heterocycles. The molecule has 0 aromatic carbocycles. The van der Waals surface area contributed by atoms with Crippen LogP contribution in [0.5, 0.6) is 0 Å². The topological polar surface area (TPSA) is 24.5 Å². The lowest BCUT2D eigenvalue weighted by atomic mass is 10.0. The van der Waals surface area contributed by atoms with Gasteiger partial charge in [-0.3, -0.25) is 4.90 Å². The van der Waals surface area contributed by atoms with Crippen LogP contribution in [0.1, 0.15) is 18.3 Å². The van der Waals surface area contributed by atoms with Gasteiger partial charge in [0.05, 0.1) is 13.2 Å². The Bertz CT molecular complexity index is 240. The molecule has 0 aromatic heterocycles. The SMILES string of the molecule is [2H]C1([2H])CC(N2CCOCC2)CC([2H])([2H])N1. The van der Waals surface area contributed by atoms with Gasteiger partial charge in [-0.1, -0.05) is 0 Å². The second kappa shape index (κ2) is 4.21. The van der Waals surface area contributed by atoms with Crippen molar-refractivity contribution in [3.05, 3.63) is 0 Å². The molecule has 2 heterocycles. The van der Waals surface area contributed by atoms with Crippen molar-refractivity contribution < 1.29 is 10.2 Å². The Kier molecular flexibility index (Phi) is 1.73. The number of rotatable bonds is 1. The Balaban J connectivity index is 2.03. The highest BCUT2D eigenvalue weighted by Crippen LogP contribution is 2.12. The van der Waals surface area contributed by atoms with Gasteiger partial charge in [0.25, 0.3) is 0 Å². The molecule has 0 spiro atoms. The molecule has 2 fully saturated rings. The van der Waals surface area contributed by atoms with Crippen molar-refractivity contribution in [3.63, 3.8) is 0 Å². The highest BCUT2D eigenvalue weighted by Gasteiger charge is 2.21. The quantitative estimate of drug-likeness (QED) is 0.609. The van der Waals surface area contributed by atoms with E-state index in [0.29, 0.717) is 26.1 Å². The zero-order valence-electron chi connectivity index (χ0n) is 11.2. The minimum Gasteiger partial charge on any atom is -0.379 e. The first-order valence-corrected chi connectivity index (χ1v) is 4.49. The largest absolute Gasteiger partial charge is 0.379 e. The molecule has 3 nitrogen and oxygen atoms in total. The van der Waals surface area contributed by atoms with Gasteiger partial charge in [0, 0.05) is 24.6 Å². The summed E-state index contributed by atoms with van der Waals surface area (Å²) in [5.41, 5.74) is 0. The summed E-state index contributed by atoms with van der Waals surface area (Å²) in [4.78, 5) is 2.14. The van der Waals surface area contributed by atoms with E-state index in [2.05, 4.69) is 10.2 Å². The van der Waals surface area contributed by atoms with Crippen LogP contribution >= 0.6 is 0 Å². The number of ether oxygens (including phenoxy) is 1. The predicted molar refractivity (Wildman–Crippen MR) is 48.3 cm³/mol. The first-order valence-electron chi connectivity index (χ1n) is 6.49. The van der Waals surface area contributed by atoms with E-state index in [0.717, 1.165) is 13.1 Å². The van der Waals surface area contributed by atoms with Crippen LogP contribution in [0.15, 0.2) is 0 Å². The molecule has 12 heavy (non-hydrogen) atoms. The van der Waals surface area contributed by atoms with Crippen molar-refractivity contribution in [2.24, 2.45) is 0 Å². The van der Waals surface area contributed by atoms with Gasteiger partial charge in [0.1, 0.15) is 0 Å². The molecule has 3 heteroatoms. The zero-order valence-corrected chi connectivity index (χ0v) is 7.18. The van der Waals surface area contributed by atoms with Gasteiger partial charge in [-0.05, 0) is 25.8 Å². The molecule has 0 saturated carbocycles. The van der Waals surface area contributed by atoms with Gasteiger partial charge < -0.3 is 10.1 Å². The van der Waals surface area contributed by atoms with Crippen LogP contribution in [0.4, 0.5) is 0 Å². The number of morpholine rings is 1. The lowest BCUT2D eigenvalue weighted by Gasteiger charge is -2.36. The van der Waals surface area contributed by atoms with Crippen LogP contribution in [-0.4, -0.2) is 50.2 Å². The highest BCUT2D eigenvalue weighted by atomic mass is 16.5. The van der Waals surface area contributed by atoms with Crippen molar-refractivity contribution in [2.75, 3.05) is 39.3 Å². The maximum atomic E-state index is 7.69. The van der Waals surface area contributed by atoms with Crippen LogP contribution in [0.2, 0.25) is 0 Å². The average molecular weight is 174 g/mol. The lowest BCUT2D eigenvalue weighted by Crippen LogP contribution is -2.47. The van der Waals surface area contributed by atoms with E-state index in [-0.39, 0.29) is 6.04 Å². The number of nitrogens with zero attached hydrogens (tertiary/aromatic N) is 1. The summed E-state index contributed by atoms with van der Waals surface area (Å²) in [7, 11) is 0. The predicted octanol–water partition coefficient (Wildman–Crippen LogP) is 0.0706. The highest BCUT2D eigenvalue weighted by molar-refractivity contribution is 4.78. The fourth-order valence-electron chi connectivity index (χ4n) is 1.67. The van der Waals surface area contributed by atoms with Gasteiger partial charge in [-0.15, -0.1) is 0 Å². The number of hydrogen-bond donors (Lipinski definition) is 1. The van der Waals surface area contributed by atoms with Gasteiger partial charge in [0.2, 0.25) is 0 Å². The zero-order chi connectivity index (χ0) is 11.8. The summed E-state index contributed by atoms with van der Waals surface area (Å²) in [5.74, 6) is 0. The maximum absolute atomic E-state index is 7.69. The van der Waals surface area contributed by atoms with Gasteiger partial charge in [-0.2, -0.15) is 0 Å². The summed E-state index contributed by atoms with van der Waals surface area (Å²) < 4.78 is 36.0. The molecule has 0 aliphatic carbocycles. The molecule has 2 aliphatic heterocycles. The van der Waals surface area contributed by atoms with E-state index in [1.54, 1.807) is 0 Å². The Hall–Kier alpha value is -0.120. The minimum atomic E-state index is -1.62. The second-order valence-corrected chi connectivity index (χ2v) is 3.19. The Labute approximate surface area is 79.7 Å². The maximum Gasteiger partial charge on any atom is 0.0594 e. The smallest absolute Gasteiger partial charge is 0.0594 e. The van der Waals surface area contributed by atoms with Crippen LogP contribution in [-0.2, 0) is 4.74 Å². The van der Waals surface area contributed by atoms with Gasteiger partial charge >= 0.3 is 0 Å². The third-order valence-electron chi connectivity index (χ3n) is 2.41. The fourth-order valence-corrected chi connectivity index (χ4v) is 1.67. The van der Waals surface area contributed by atoms with Gasteiger partial charge in [0.15, 0.2) is 0 Å². The monoisotopic (exact) mass is 174 g/mol. The third kappa shape index (κ3) is 1.97. The minimum absolute atomic E-state index is 0.0323. The van der Waals surface area contributed by atoms with Crippen LogP contribution in [0.3, 0.4) is 0 Å². The van der Waals surface area contributed by atoms with Crippen molar-refractivity contribution >= 4 is 0 Å².